The number of halogens is 1. The quantitative estimate of drug-likeness (QED) is 0.406. The number of para-hydroxylation sites is 1. The molecule has 0 saturated carbocycles. The summed E-state index contributed by atoms with van der Waals surface area (Å²) in [4.78, 5) is 17.9. The first-order valence-electron chi connectivity index (χ1n) is 9.05. The molecule has 0 radical (unpaired) electrons. The third-order valence-electron chi connectivity index (χ3n) is 4.25. The molecule has 0 aliphatic rings. The molecule has 0 spiro atoms. The van der Waals surface area contributed by atoms with E-state index >= 15 is 0 Å². The van der Waals surface area contributed by atoms with Crippen LogP contribution in [0.5, 0.6) is 5.75 Å². The van der Waals surface area contributed by atoms with Crippen molar-refractivity contribution in [1.82, 2.24) is 14.6 Å². The number of thiazole rings is 1. The monoisotopic (exact) mass is 455 g/mol. The van der Waals surface area contributed by atoms with Gasteiger partial charge in [0.1, 0.15) is 5.75 Å². The van der Waals surface area contributed by atoms with Crippen LogP contribution in [0.2, 0.25) is 0 Å². The molecule has 0 aliphatic heterocycles. The minimum atomic E-state index is -0.167. The van der Waals surface area contributed by atoms with E-state index in [1.165, 1.54) is 15.9 Å². The summed E-state index contributed by atoms with van der Waals surface area (Å²) in [5, 5.41) is 4.39. The first-order valence-corrected chi connectivity index (χ1v) is 10.7. The summed E-state index contributed by atoms with van der Waals surface area (Å²) in [5.74, 6) is 1.33. The lowest BCUT2D eigenvalue weighted by Gasteiger charge is -2.07. The number of hydrogen-bond donors (Lipinski definition) is 0. The van der Waals surface area contributed by atoms with E-state index in [1.54, 1.807) is 0 Å². The predicted octanol–water partition coefficient (Wildman–Crippen LogP) is 4.31. The second kappa shape index (κ2) is 8.24. The lowest BCUT2D eigenvalue weighted by Crippen LogP contribution is -2.23. The molecule has 0 amide bonds. The molecule has 0 bridgehead atoms. The zero-order valence-corrected chi connectivity index (χ0v) is 17.7. The van der Waals surface area contributed by atoms with E-state index in [0.29, 0.717) is 21.9 Å². The standard InChI is InChI=1S/C21H18BrN3O2S/c1-2-3-12-27-17-7-5-4-6-15(17)13-18-20(26)25-21(28-18)23-19(24-25)14-8-10-16(22)11-9-14/h4-11,13H,2-3,12H2,1H3. The van der Waals surface area contributed by atoms with Gasteiger partial charge in [-0.05, 0) is 30.7 Å². The van der Waals surface area contributed by atoms with Crippen molar-refractivity contribution in [3.63, 3.8) is 0 Å². The van der Waals surface area contributed by atoms with Gasteiger partial charge < -0.3 is 4.74 Å². The Labute approximate surface area is 174 Å². The summed E-state index contributed by atoms with van der Waals surface area (Å²) >= 11 is 4.75. The van der Waals surface area contributed by atoms with Gasteiger partial charge in [0, 0.05) is 15.6 Å². The van der Waals surface area contributed by atoms with Gasteiger partial charge in [0.25, 0.3) is 5.56 Å². The molecule has 28 heavy (non-hydrogen) atoms. The summed E-state index contributed by atoms with van der Waals surface area (Å²) < 4.78 is 8.80. The zero-order chi connectivity index (χ0) is 19.5. The molecule has 142 valence electrons. The summed E-state index contributed by atoms with van der Waals surface area (Å²) in [6.07, 6.45) is 3.92. The summed E-state index contributed by atoms with van der Waals surface area (Å²) in [6.45, 7) is 2.79. The molecule has 5 nitrogen and oxygen atoms in total. The Morgan fingerprint density at radius 2 is 1.96 bits per heavy atom. The van der Waals surface area contributed by atoms with Crippen LogP contribution in [0.4, 0.5) is 0 Å². The van der Waals surface area contributed by atoms with Crippen molar-refractivity contribution in [3.8, 4) is 17.1 Å². The molecule has 2 aromatic carbocycles. The Morgan fingerprint density at radius 1 is 1.18 bits per heavy atom. The van der Waals surface area contributed by atoms with Crippen LogP contribution in [0.1, 0.15) is 25.3 Å². The average molecular weight is 456 g/mol. The maximum absolute atomic E-state index is 12.8. The second-order valence-corrected chi connectivity index (χ2v) is 8.22. The van der Waals surface area contributed by atoms with Gasteiger partial charge in [-0.1, -0.05) is 70.9 Å². The Morgan fingerprint density at radius 3 is 2.71 bits per heavy atom. The number of hydrogen-bond acceptors (Lipinski definition) is 5. The third-order valence-corrected chi connectivity index (χ3v) is 5.73. The Bertz CT molecular complexity index is 1210. The molecule has 0 saturated heterocycles. The van der Waals surface area contributed by atoms with Crippen LogP contribution < -0.4 is 14.8 Å². The first-order chi connectivity index (χ1) is 13.7. The van der Waals surface area contributed by atoms with E-state index in [9.17, 15) is 4.79 Å². The van der Waals surface area contributed by atoms with Crippen LogP contribution in [0.3, 0.4) is 0 Å². The number of ether oxygens (including phenoxy) is 1. The molecule has 0 unspecified atom stereocenters. The maximum atomic E-state index is 12.8. The van der Waals surface area contributed by atoms with Crippen LogP contribution in [0.15, 0.2) is 57.8 Å². The summed E-state index contributed by atoms with van der Waals surface area (Å²) in [5.41, 5.74) is 1.59. The molecular weight excluding hydrogens is 438 g/mol. The second-order valence-electron chi connectivity index (χ2n) is 6.29. The van der Waals surface area contributed by atoms with Crippen LogP contribution in [0.25, 0.3) is 22.4 Å². The van der Waals surface area contributed by atoms with Crippen molar-refractivity contribution in [2.24, 2.45) is 0 Å². The predicted molar refractivity (Wildman–Crippen MR) is 116 cm³/mol. The van der Waals surface area contributed by atoms with Gasteiger partial charge in [-0.2, -0.15) is 9.50 Å². The van der Waals surface area contributed by atoms with E-state index in [0.717, 1.165) is 34.2 Å². The highest BCUT2D eigenvalue weighted by Gasteiger charge is 2.12. The Balaban J connectivity index is 1.71. The SMILES string of the molecule is CCCCOc1ccccc1C=c1sc2nc(-c3ccc(Br)cc3)nn2c1=O. The van der Waals surface area contributed by atoms with Crippen LogP contribution in [-0.4, -0.2) is 21.2 Å². The van der Waals surface area contributed by atoms with Crippen LogP contribution in [0, 0.1) is 0 Å². The van der Waals surface area contributed by atoms with Crippen molar-refractivity contribution in [3.05, 3.63) is 73.5 Å². The van der Waals surface area contributed by atoms with E-state index in [2.05, 4.69) is 32.9 Å². The van der Waals surface area contributed by atoms with E-state index in [1.807, 2.05) is 54.6 Å². The average Bonchev–Trinajstić information content (AvgIpc) is 3.24. The number of benzene rings is 2. The minimum absolute atomic E-state index is 0.167. The Hall–Kier alpha value is -2.51. The smallest absolute Gasteiger partial charge is 0.291 e. The molecule has 0 fully saturated rings. The molecule has 7 heteroatoms. The van der Waals surface area contributed by atoms with Crippen LogP contribution >= 0.6 is 27.3 Å². The largest absolute Gasteiger partial charge is 0.493 e. The normalized spacial score (nSPS) is 12.0. The Kier molecular flexibility index (Phi) is 5.54. The molecule has 2 heterocycles. The number of rotatable bonds is 6. The fourth-order valence-electron chi connectivity index (χ4n) is 2.75. The first kappa shape index (κ1) is 18.8. The maximum Gasteiger partial charge on any atom is 0.291 e. The van der Waals surface area contributed by atoms with Crippen LogP contribution in [-0.2, 0) is 0 Å². The van der Waals surface area contributed by atoms with E-state index < -0.39 is 0 Å². The van der Waals surface area contributed by atoms with E-state index in [-0.39, 0.29) is 5.56 Å². The van der Waals surface area contributed by atoms with Gasteiger partial charge in [-0.15, -0.1) is 5.10 Å². The number of nitrogens with zero attached hydrogens (tertiary/aromatic N) is 3. The van der Waals surface area contributed by atoms with Crippen molar-refractivity contribution >= 4 is 38.3 Å². The van der Waals surface area contributed by atoms with Crippen molar-refractivity contribution in [2.45, 2.75) is 19.8 Å². The lowest BCUT2D eigenvalue weighted by atomic mass is 10.2. The summed E-state index contributed by atoms with van der Waals surface area (Å²) in [6, 6.07) is 15.4. The highest BCUT2D eigenvalue weighted by atomic mass is 79.9. The molecule has 2 aromatic heterocycles. The molecule has 0 aliphatic carbocycles. The van der Waals surface area contributed by atoms with Crippen molar-refractivity contribution < 1.29 is 4.74 Å². The third kappa shape index (κ3) is 3.86. The van der Waals surface area contributed by atoms with Gasteiger partial charge in [0.15, 0.2) is 5.82 Å². The van der Waals surface area contributed by atoms with Gasteiger partial charge >= 0.3 is 0 Å². The highest BCUT2D eigenvalue weighted by molar-refractivity contribution is 9.10. The highest BCUT2D eigenvalue weighted by Crippen LogP contribution is 2.21. The van der Waals surface area contributed by atoms with Gasteiger partial charge in [-0.25, -0.2) is 0 Å². The topological polar surface area (TPSA) is 56.5 Å². The molecule has 0 atom stereocenters. The molecule has 4 rings (SSSR count). The summed E-state index contributed by atoms with van der Waals surface area (Å²) in [7, 11) is 0. The number of aromatic nitrogens is 3. The zero-order valence-electron chi connectivity index (χ0n) is 15.3. The van der Waals surface area contributed by atoms with Gasteiger partial charge in [0.2, 0.25) is 4.96 Å². The molecule has 0 N–H and O–H groups in total. The fourth-order valence-corrected chi connectivity index (χ4v) is 3.92. The van der Waals surface area contributed by atoms with Gasteiger partial charge in [0.05, 0.1) is 11.1 Å². The minimum Gasteiger partial charge on any atom is -0.493 e. The van der Waals surface area contributed by atoms with Gasteiger partial charge in [-0.3, -0.25) is 4.79 Å². The number of fused-ring (bicyclic) bond motifs is 1. The fraction of sp³-hybridized carbons (Fsp3) is 0.190. The lowest BCUT2D eigenvalue weighted by molar-refractivity contribution is 0.309. The van der Waals surface area contributed by atoms with Crippen molar-refractivity contribution in [1.29, 1.82) is 0 Å². The molecular formula is C21H18BrN3O2S. The van der Waals surface area contributed by atoms with Crippen molar-refractivity contribution in [2.75, 3.05) is 6.61 Å². The number of unbranched alkanes of at least 4 members (excludes halogenated alkanes) is 1. The van der Waals surface area contributed by atoms with E-state index in [4.69, 9.17) is 4.74 Å². The molecule has 4 aromatic rings.